The van der Waals surface area contributed by atoms with Crippen LogP contribution in [0.2, 0.25) is 0 Å². The maximum absolute atomic E-state index is 12.8. The largest absolute Gasteiger partial charge is 0.472 e. The predicted molar refractivity (Wildman–Crippen MR) is 237 cm³/mol. The van der Waals surface area contributed by atoms with Gasteiger partial charge < -0.3 is 26.2 Å². The monoisotopic (exact) mass is 811 g/mol. The van der Waals surface area contributed by atoms with Crippen LogP contribution in [0.4, 0.5) is 0 Å². The van der Waals surface area contributed by atoms with Crippen molar-refractivity contribution in [1.29, 1.82) is 0 Å². The van der Waals surface area contributed by atoms with Crippen molar-refractivity contribution in [2.24, 2.45) is 5.73 Å². The number of aliphatic hydroxyl groups is 2. The number of unbranched alkanes of at least 4 members (excludes halogenated alkanes) is 22. The van der Waals surface area contributed by atoms with Crippen molar-refractivity contribution in [3.8, 4) is 0 Å². The van der Waals surface area contributed by atoms with Gasteiger partial charge in [-0.05, 0) is 70.6 Å². The number of allylic oxidation sites excluding steroid dienone is 7. The summed E-state index contributed by atoms with van der Waals surface area (Å²) in [5.74, 6) is -0.466. The number of rotatable bonds is 42. The third-order valence-corrected chi connectivity index (χ3v) is 10.9. The van der Waals surface area contributed by atoms with E-state index in [4.69, 9.17) is 14.8 Å². The highest BCUT2D eigenvalue weighted by Gasteiger charge is 2.27. The first-order valence-corrected chi connectivity index (χ1v) is 24.3. The smallest absolute Gasteiger partial charge is 0.393 e. The van der Waals surface area contributed by atoms with Crippen molar-refractivity contribution in [2.45, 2.75) is 218 Å². The fourth-order valence-corrected chi connectivity index (χ4v) is 7.20. The van der Waals surface area contributed by atoms with E-state index < -0.39 is 38.6 Å². The highest BCUT2D eigenvalue weighted by molar-refractivity contribution is 7.47. The molecule has 0 spiro atoms. The van der Waals surface area contributed by atoms with Gasteiger partial charge in [0.1, 0.15) is 0 Å². The van der Waals surface area contributed by atoms with Gasteiger partial charge in [0.25, 0.3) is 0 Å². The summed E-state index contributed by atoms with van der Waals surface area (Å²) in [6, 6.07) is -1.01. The third kappa shape index (κ3) is 39.3. The lowest BCUT2D eigenvalue weighted by Crippen LogP contribution is -2.46. The zero-order valence-corrected chi connectivity index (χ0v) is 36.9. The highest BCUT2D eigenvalue weighted by atomic mass is 31.2. The van der Waals surface area contributed by atoms with E-state index in [-0.39, 0.29) is 19.6 Å². The summed E-state index contributed by atoms with van der Waals surface area (Å²) < 4.78 is 22.1. The molecule has 0 aromatic rings. The van der Waals surface area contributed by atoms with Crippen LogP contribution in [-0.2, 0) is 18.4 Å². The van der Waals surface area contributed by atoms with Crippen molar-refractivity contribution in [3.05, 3.63) is 48.6 Å². The SMILES string of the molecule is CCCCCC/C=C/CC/C=C/CC/C=C/C(O)C(COP(=O)(O)OCCN)NC(=O)CC(O)CCCCCCC/C=C\CCCCCCCCCCCCC. The lowest BCUT2D eigenvalue weighted by molar-refractivity contribution is -0.124. The molecule has 0 aliphatic rings. The number of nitrogens with two attached hydrogens (primary N) is 1. The second-order valence-electron chi connectivity index (χ2n) is 15.4. The van der Waals surface area contributed by atoms with Gasteiger partial charge in [0, 0.05) is 6.54 Å². The summed E-state index contributed by atoms with van der Waals surface area (Å²) in [6.07, 6.45) is 47.7. The summed E-state index contributed by atoms with van der Waals surface area (Å²) in [6.45, 7) is 3.92. The van der Waals surface area contributed by atoms with Gasteiger partial charge >= 0.3 is 7.82 Å². The van der Waals surface area contributed by atoms with Gasteiger partial charge in [0.15, 0.2) is 0 Å². The first-order chi connectivity index (χ1) is 27.3. The van der Waals surface area contributed by atoms with Gasteiger partial charge in [-0.2, -0.15) is 0 Å². The number of nitrogens with one attached hydrogen (secondary N) is 1. The summed E-state index contributed by atoms with van der Waals surface area (Å²) in [4.78, 5) is 22.8. The third-order valence-electron chi connectivity index (χ3n) is 9.91. The molecular weight excluding hydrogens is 723 g/mol. The second kappa shape index (κ2) is 41.6. The van der Waals surface area contributed by atoms with Crippen LogP contribution in [0, 0.1) is 0 Å². The van der Waals surface area contributed by atoms with Crippen LogP contribution in [0.5, 0.6) is 0 Å². The number of phosphoric acid groups is 1. The molecule has 4 unspecified atom stereocenters. The molecule has 6 N–H and O–H groups in total. The number of aliphatic hydroxyl groups excluding tert-OH is 2. The van der Waals surface area contributed by atoms with Crippen LogP contribution in [0.1, 0.15) is 200 Å². The minimum atomic E-state index is -4.41. The van der Waals surface area contributed by atoms with Crippen LogP contribution < -0.4 is 11.1 Å². The molecule has 0 bridgehead atoms. The maximum atomic E-state index is 12.8. The highest BCUT2D eigenvalue weighted by Crippen LogP contribution is 2.43. The van der Waals surface area contributed by atoms with E-state index in [1.165, 1.54) is 109 Å². The molecule has 0 aliphatic heterocycles. The summed E-state index contributed by atoms with van der Waals surface area (Å²) in [5, 5.41) is 24.0. The van der Waals surface area contributed by atoms with Gasteiger partial charge in [-0.3, -0.25) is 13.8 Å². The summed E-state index contributed by atoms with van der Waals surface area (Å²) in [5.41, 5.74) is 5.36. The van der Waals surface area contributed by atoms with Crippen molar-refractivity contribution in [3.63, 3.8) is 0 Å². The van der Waals surface area contributed by atoms with Crippen LogP contribution in [0.3, 0.4) is 0 Å². The number of carbonyl (C=O) groups is 1. The first kappa shape index (κ1) is 54.4. The Morgan fingerprint density at radius 1 is 0.607 bits per heavy atom. The minimum Gasteiger partial charge on any atom is -0.393 e. The molecule has 0 aromatic carbocycles. The van der Waals surface area contributed by atoms with Gasteiger partial charge in [-0.1, -0.05) is 172 Å². The maximum Gasteiger partial charge on any atom is 0.472 e. The van der Waals surface area contributed by atoms with Crippen LogP contribution in [0.15, 0.2) is 48.6 Å². The Bertz CT molecular complexity index is 1030. The normalized spacial score (nSPS) is 15.0. The molecule has 0 aliphatic carbocycles. The molecule has 0 rings (SSSR count). The Kier molecular flexibility index (Phi) is 40.4. The number of hydrogen-bond acceptors (Lipinski definition) is 7. The number of hydrogen-bond donors (Lipinski definition) is 5. The molecule has 1 amide bonds. The van der Waals surface area contributed by atoms with Gasteiger partial charge in [-0.25, -0.2) is 4.57 Å². The van der Waals surface area contributed by atoms with Crippen LogP contribution >= 0.6 is 7.82 Å². The van der Waals surface area contributed by atoms with Crippen molar-refractivity contribution in [2.75, 3.05) is 19.8 Å². The van der Waals surface area contributed by atoms with Crippen molar-refractivity contribution < 1.29 is 33.5 Å². The van der Waals surface area contributed by atoms with Crippen molar-refractivity contribution in [1.82, 2.24) is 5.32 Å². The van der Waals surface area contributed by atoms with E-state index in [1.54, 1.807) is 6.08 Å². The molecule has 0 saturated carbocycles. The molecule has 0 radical (unpaired) electrons. The van der Waals surface area contributed by atoms with Gasteiger partial charge in [-0.15, -0.1) is 0 Å². The fraction of sp³-hybridized carbons (Fsp3) is 0.804. The molecule has 328 valence electrons. The molecule has 0 aromatic heterocycles. The second-order valence-corrected chi connectivity index (χ2v) is 16.9. The van der Waals surface area contributed by atoms with Crippen LogP contribution in [-0.4, -0.2) is 59.0 Å². The molecule has 0 heterocycles. The quantitative estimate of drug-likeness (QED) is 0.0232. The van der Waals surface area contributed by atoms with Crippen molar-refractivity contribution >= 4 is 13.7 Å². The van der Waals surface area contributed by atoms with E-state index in [2.05, 4.69) is 55.6 Å². The Hall–Kier alpha value is -1.58. The zero-order chi connectivity index (χ0) is 41.2. The average molecular weight is 811 g/mol. The first-order valence-electron chi connectivity index (χ1n) is 22.8. The number of phosphoric ester groups is 1. The molecule has 9 nitrogen and oxygen atoms in total. The molecule has 0 saturated heterocycles. The van der Waals surface area contributed by atoms with E-state index >= 15 is 0 Å². The van der Waals surface area contributed by atoms with E-state index in [1.807, 2.05) is 6.08 Å². The Labute approximate surface area is 344 Å². The standard InChI is InChI=1S/C46H87N2O7P/c1-3-5-7-9-11-13-15-17-19-20-21-22-23-24-25-27-29-31-33-35-37-43(49)41-46(51)48-44(42-55-56(52,53)54-40-39-47)45(50)38-36-34-32-30-28-26-18-16-14-12-10-8-6-4-2/h14,16,23-24,28,30,36,38,43-45,49-50H,3-13,15,17-22,25-27,29,31-35,37,39-42,47H2,1-2H3,(H,48,51)(H,52,53)/b16-14+,24-23-,30-28+,38-36+. The molecular formula is C46H87N2O7P. The molecule has 56 heavy (non-hydrogen) atoms. The minimum absolute atomic E-state index is 0.0402. The fourth-order valence-electron chi connectivity index (χ4n) is 6.44. The van der Waals surface area contributed by atoms with Gasteiger partial charge in [0.2, 0.25) is 5.91 Å². The molecule has 0 fully saturated rings. The number of carbonyl (C=O) groups excluding carboxylic acids is 1. The van der Waals surface area contributed by atoms with Crippen LogP contribution in [0.25, 0.3) is 0 Å². The zero-order valence-electron chi connectivity index (χ0n) is 36.0. The predicted octanol–water partition coefficient (Wildman–Crippen LogP) is 11.9. The molecule has 10 heteroatoms. The average Bonchev–Trinajstić information content (AvgIpc) is 3.17. The van der Waals surface area contributed by atoms with E-state index in [0.717, 1.165) is 57.8 Å². The Balaban J connectivity index is 4.31. The Morgan fingerprint density at radius 3 is 1.50 bits per heavy atom. The number of amides is 1. The van der Waals surface area contributed by atoms with Gasteiger partial charge in [0.05, 0.1) is 37.9 Å². The van der Waals surface area contributed by atoms with E-state index in [0.29, 0.717) is 12.8 Å². The Morgan fingerprint density at radius 2 is 1.02 bits per heavy atom. The molecule has 4 atom stereocenters. The lowest BCUT2D eigenvalue weighted by atomic mass is 10.0. The summed E-state index contributed by atoms with van der Waals surface area (Å²) >= 11 is 0. The summed E-state index contributed by atoms with van der Waals surface area (Å²) in [7, 11) is -4.41. The van der Waals surface area contributed by atoms with E-state index in [9.17, 15) is 24.5 Å². The lowest BCUT2D eigenvalue weighted by Gasteiger charge is -2.24. The topological polar surface area (TPSA) is 151 Å².